The third kappa shape index (κ3) is 4.35. The topological polar surface area (TPSA) is 68.6 Å². The van der Waals surface area contributed by atoms with Crippen LogP contribution < -0.4 is 4.74 Å². The zero-order valence-electron chi connectivity index (χ0n) is 17.5. The summed E-state index contributed by atoms with van der Waals surface area (Å²) < 4.78 is 35.4. The molecule has 1 saturated heterocycles. The summed E-state index contributed by atoms with van der Waals surface area (Å²) in [6, 6.07) is 12.2. The molecule has 2 aromatic carbocycles. The number of sulfonamides is 1. The third-order valence-electron chi connectivity index (χ3n) is 5.57. The maximum Gasteiger partial charge on any atom is 0.243 e. The van der Waals surface area contributed by atoms with Crippen LogP contribution in [0.2, 0.25) is 5.02 Å². The monoisotopic (exact) mass is 460 g/mol. The third-order valence-corrected chi connectivity index (χ3v) is 7.68. The lowest BCUT2D eigenvalue weighted by molar-refractivity contribution is -0.108. The first-order valence-corrected chi connectivity index (χ1v) is 12.1. The van der Waals surface area contributed by atoms with E-state index in [1.165, 1.54) is 4.31 Å². The van der Waals surface area contributed by atoms with E-state index >= 15 is 0 Å². The average Bonchev–Trinajstić information content (AvgIpc) is 3.34. The van der Waals surface area contributed by atoms with Crippen molar-refractivity contribution in [3.8, 4) is 5.75 Å². The number of aromatic nitrogens is 1. The van der Waals surface area contributed by atoms with Crippen LogP contribution in [0.1, 0.15) is 31.7 Å². The standard InChI is InChI=1S/C23H25ClN2O4S/c1-16(2)30-19-4-6-20(7-5-19)31(28,29)26-10-9-17(14-26)22-15-25(11-12-27)23-8-3-18(24)13-21(22)23/h3-8,12-13,15-17H,9-11,14H2,1-2H3/t17-/m0/s1. The van der Waals surface area contributed by atoms with Crippen LogP contribution >= 0.6 is 11.6 Å². The largest absolute Gasteiger partial charge is 0.491 e. The number of ether oxygens (including phenoxy) is 1. The van der Waals surface area contributed by atoms with Crippen LogP contribution in [-0.4, -0.2) is 42.8 Å². The molecule has 2 heterocycles. The minimum Gasteiger partial charge on any atom is -0.491 e. The van der Waals surface area contributed by atoms with Crippen LogP contribution in [-0.2, 0) is 21.4 Å². The van der Waals surface area contributed by atoms with Gasteiger partial charge in [0.2, 0.25) is 10.0 Å². The van der Waals surface area contributed by atoms with Crippen molar-refractivity contribution < 1.29 is 17.9 Å². The summed E-state index contributed by atoms with van der Waals surface area (Å²) in [6.07, 6.45) is 3.54. The summed E-state index contributed by atoms with van der Waals surface area (Å²) in [4.78, 5) is 11.4. The van der Waals surface area contributed by atoms with Gasteiger partial charge in [0.15, 0.2) is 0 Å². The molecule has 1 fully saturated rings. The second-order valence-electron chi connectivity index (χ2n) is 8.05. The fraction of sp³-hybridized carbons (Fsp3) is 0.348. The normalized spacial score (nSPS) is 17.5. The van der Waals surface area contributed by atoms with Gasteiger partial charge in [0.1, 0.15) is 12.0 Å². The van der Waals surface area contributed by atoms with E-state index in [4.69, 9.17) is 16.3 Å². The molecule has 0 unspecified atom stereocenters. The molecule has 1 aliphatic rings. The van der Waals surface area contributed by atoms with Gasteiger partial charge in [-0.1, -0.05) is 11.6 Å². The number of halogens is 1. The lowest BCUT2D eigenvalue weighted by atomic mass is 9.98. The molecule has 0 amide bonds. The molecular formula is C23H25ClN2O4S. The average molecular weight is 461 g/mol. The van der Waals surface area contributed by atoms with Crippen molar-refractivity contribution >= 4 is 38.8 Å². The minimum absolute atomic E-state index is 0.0247. The number of hydrogen-bond acceptors (Lipinski definition) is 4. The molecule has 1 atom stereocenters. The number of rotatable bonds is 7. The maximum absolute atomic E-state index is 13.2. The van der Waals surface area contributed by atoms with Gasteiger partial charge in [-0.05, 0) is 68.3 Å². The van der Waals surface area contributed by atoms with E-state index in [-0.39, 0.29) is 23.5 Å². The highest BCUT2D eigenvalue weighted by Gasteiger charge is 2.34. The van der Waals surface area contributed by atoms with Gasteiger partial charge in [0.25, 0.3) is 0 Å². The second kappa shape index (κ2) is 8.65. The van der Waals surface area contributed by atoms with Crippen molar-refractivity contribution in [2.75, 3.05) is 13.1 Å². The van der Waals surface area contributed by atoms with E-state index in [0.29, 0.717) is 30.3 Å². The molecule has 6 nitrogen and oxygen atoms in total. The van der Waals surface area contributed by atoms with Gasteiger partial charge < -0.3 is 14.1 Å². The van der Waals surface area contributed by atoms with Crippen LogP contribution in [0.4, 0.5) is 0 Å². The number of aldehydes is 1. The molecule has 3 aromatic rings. The van der Waals surface area contributed by atoms with Gasteiger partial charge in [0.05, 0.1) is 17.5 Å². The summed E-state index contributed by atoms with van der Waals surface area (Å²) in [5.41, 5.74) is 1.95. The molecule has 4 rings (SSSR count). The van der Waals surface area contributed by atoms with Crippen LogP contribution in [0.3, 0.4) is 0 Å². The molecule has 164 valence electrons. The quantitative estimate of drug-likeness (QED) is 0.488. The van der Waals surface area contributed by atoms with Crippen molar-refractivity contribution in [1.29, 1.82) is 0 Å². The highest BCUT2D eigenvalue weighted by molar-refractivity contribution is 7.89. The Morgan fingerprint density at radius 3 is 2.61 bits per heavy atom. The molecule has 0 bridgehead atoms. The molecule has 0 aliphatic carbocycles. The Morgan fingerprint density at radius 1 is 1.19 bits per heavy atom. The zero-order valence-corrected chi connectivity index (χ0v) is 19.1. The molecule has 31 heavy (non-hydrogen) atoms. The highest BCUT2D eigenvalue weighted by Crippen LogP contribution is 2.37. The van der Waals surface area contributed by atoms with E-state index in [2.05, 4.69) is 0 Å². The summed E-state index contributed by atoms with van der Waals surface area (Å²) in [5.74, 6) is 0.681. The second-order valence-corrected chi connectivity index (χ2v) is 10.4. The molecule has 0 saturated carbocycles. The van der Waals surface area contributed by atoms with Crippen LogP contribution in [0.25, 0.3) is 10.9 Å². The SMILES string of the molecule is CC(C)Oc1ccc(S(=O)(=O)N2CC[C@H](c3cn(CC=O)c4ccc(Cl)cc34)C2)cc1. The highest BCUT2D eigenvalue weighted by atomic mass is 35.5. The predicted octanol–water partition coefficient (Wildman–Crippen LogP) is 4.46. The van der Waals surface area contributed by atoms with Gasteiger partial charge in [-0.3, -0.25) is 0 Å². The van der Waals surface area contributed by atoms with Crippen molar-refractivity contribution in [2.45, 2.75) is 43.7 Å². The maximum atomic E-state index is 13.2. The number of hydrogen-bond donors (Lipinski definition) is 0. The van der Waals surface area contributed by atoms with Crippen LogP contribution in [0.5, 0.6) is 5.75 Å². The Balaban J connectivity index is 1.59. The van der Waals surface area contributed by atoms with Gasteiger partial charge in [-0.2, -0.15) is 4.31 Å². The van der Waals surface area contributed by atoms with E-state index in [0.717, 1.165) is 22.8 Å². The van der Waals surface area contributed by atoms with E-state index in [1.807, 2.05) is 36.7 Å². The summed E-state index contributed by atoms with van der Waals surface area (Å²) in [5, 5.41) is 1.58. The lowest BCUT2D eigenvalue weighted by Gasteiger charge is -2.17. The van der Waals surface area contributed by atoms with Crippen molar-refractivity contribution in [2.24, 2.45) is 0 Å². The Labute approximate surface area is 187 Å². The van der Waals surface area contributed by atoms with E-state index in [9.17, 15) is 13.2 Å². The zero-order chi connectivity index (χ0) is 22.2. The number of benzene rings is 2. The predicted molar refractivity (Wildman–Crippen MR) is 121 cm³/mol. The molecule has 1 aliphatic heterocycles. The molecule has 8 heteroatoms. The minimum atomic E-state index is -3.60. The Kier molecular flexibility index (Phi) is 6.10. The first kappa shape index (κ1) is 21.9. The van der Waals surface area contributed by atoms with Gasteiger partial charge in [0, 0.05) is 41.1 Å². The number of carbonyl (C=O) groups excluding carboxylic acids is 1. The van der Waals surface area contributed by atoms with Crippen molar-refractivity contribution in [3.63, 3.8) is 0 Å². The molecular weight excluding hydrogens is 436 g/mol. The smallest absolute Gasteiger partial charge is 0.243 e. The Morgan fingerprint density at radius 2 is 1.94 bits per heavy atom. The van der Waals surface area contributed by atoms with E-state index < -0.39 is 10.0 Å². The van der Waals surface area contributed by atoms with Gasteiger partial charge >= 0.3 is 0 Å². The molecule has 0 N–H and O–H groups in total. The van der Waals surface area contributed by atoms with Gasteiger partial charge in [-0.15, -0.1) is 0 Å². The Hall–Kier alpha value is -2.35. The van der Waals surface area contributed by atoms with Gasteiger partial charge in [-0.25, -0.2) is 8.42 Å². The van der Waals surface area contributed by atoms with E-state index in [1.54, 1.807) is 30.3 Å². The van der Waals surface area contributed by atoms with Crippen LogP contribution in [0.15, 0.2) is 53.6 Å². The number of carbonyl (C=O) groups is 1. The summed E-state index contributed by atoms with van der Waals surface area (Å²) >= 11 is 6.21. The fourth-order valence-corrected chi connectivity index (χ4v) is 5.84. The molecule has 0 spiro atoms. The van der Waals surface area contributed by atoms with Crippen molar-refractivity contribution in [3.05, 3.63) is 59.2 Å². The molecule has 0 radical (unpaired) electrons. The number of nitrogens with zero attached hydrogens (tertiary/aromatic N) is 2. The first-order chi connectivity index (χ1) is 14.8. The fourth-order valence-electron chi connectivity index (χ4n) is 4.17. The summed E-state index contributed by atoms with van der Waals surface area (Å²) in [7, 11) is -3.60. The van der Waals surface area contributed by atoms with Crippen LogP contribution in [0, 0.1) is 0 Å². The molecule has 1 aromatic heterocycles. The summed E-state index contributed by atoms with van der Waals surface area (Å²) in [6.45, 7) is 4.93. The first-order valence-electron chi connectivity index (χ1n) is 10.3. The number of fused-ring (bicyclic) bond motifs is 1. The Bertz CT molecular complexity index is 1200. The lowest BCUT2D eigenvalue weighted by Crippen LogP contribution is -2.28. The van der Waals surface area contributed by atoms with Crippen molar-refractivity contribution in [1.82, 2.24) is 8.87 Å².